The van der Waals surface area contributed by atoms with Crippen LogP contribution in [0.2, 0.25) is 0 Å². The van der Waals surface area contributed by atoms with Crippen molar-refractivity contribution in [3.63, 3.8) is 0 Å². The first kappa shape index (κ1) is 18.8. The number of rotatable bonds is 7. The summed E-state index contributed by atoms with van der Waals surface area (Å²) in [5.74, 6) is 0. The second kappa shape index (κ2) is 8.04. The van der Waals surface area contributed by atoms with Crippen molar-refractivity contribution in [2.45, 2.75) is 23.3 Å². The maximum absolute atomic E-state index is 12.6. The van der Waals surface area contributed by atoms with Gasteiger partial charge in [0, 0.05) is 37.8 Å². The predicted molar refractivity (Wildman–Crippen MR) is 91.8 cm³/mol. The van der Waals surface area contributed by atoms with Gasteiger partial charge in [0.15, 0.2) is 0 Å². The van der Waals surface area contributed by atoms with Gasteiger partial charge < -0.3 is 15.2 Å². The molecule has 8 heteroatoms. The summed E-state index contributed by atoms with van der Waals surface area (Å²) in [4.78, 5) is 0.282. The lowest BCUT2D eigenvalue weighted by Crippen LogP contribution is -2.51. The third-order valence-electron chi connectivity index (χ3n) is 4.04. The van der Waals surface area contributed by atoms with Gasteiger partial charge in [0.25, 0.3) is 0 Å². The number of nitrogens with one attached hydrogen (secondary N) is 1. The highest BCUT2D eigenvalue weighted by Gasteiger charge is 2.36. The normalized spacial score (nSPS) is 18.9. The third-order valence-corrected chi connectivity index (χ3v) is 6.48. The molecule has 0 bridgehead atoms. The van der Waals surface area contributed by atoms with E-state index < -0.39 is 15.6 Å². The second-order valence-corrected chi connectivity index (χ2v) is 8.61. The average molecular weight is 407 g/mol. The number of ether oxygens (including phenoxy) is 1. The first-order chi connectivity index (χ1) is 10.9. The highest BCUT2D eigenvalue weighted by Crippen LogP contribution is 2.27. The highest BCUT2D eigenvalue weighted by molar-refractivity contribution is 9.10. The maximum Gasteiger partial charge on any atom is 0.243 e. The molecule has 2 rings (SSSR count). The Kier molecular flexibility index (Phi) is 6.58. The van der Waals surface area contributed by atoms with Crippen LogP contribution >= 0.6 is 15.9 Å². The number of hydrogen-bond donors (Lipinski definition) is 2. The van der Waals surface area contributed by atoms with Crippen molar-refractivity contribution in [3.05, 3.63) is 28.7 Å². The zero-order valence-corrected chi connectivity index (χ0v) is 15.6. The number of nitrogens with zero attached hydrogens (tertiary/aromatic N) is 1. The molecule has 1 saturated heterocycles. The molecule has 1 aromatic rings. The largest absolute Gasteiger partial charge is 0.388 e. The number of halogens is 1. The molecule has 23 heavy (non-hydrogen) atoms. The molecule has 1 aromatic carbocycles. The summed E-state index contributed by atoms with van der Waals surface area (Å²) in [6.45, 7) is 2.34. The van der Waals surface area contributed by atoms with E-state index in [-0.39, 0.29) is 4.90 Å². The third kappa shape index (κ3) is 4.98. The van der Waals surface area contributed by atoms with E-state index in [2.05, 4.69) is 21.2 Å². The molecule has 2 N–H and O–H groups in total. The Morgan fingerprint density at radius 1 is 1.30 bits per heavy atom. The lowest BCUT2D eigenvalue weighted by molar-refractivity contribution is -0.00466. The zero-order chi connectivity index (χ0) is 16.9. The summed E-state index contributed by atoms with van der Waals surface area (Å²) in [6, 6.07) is 6.61. The van der Waals surface area contributed by atoms with E-state index >= 15 is 0 Å². The number of benzene rings is 1. The Morgan fingerprint density at radius 3 is 2.48 bits per heavy atom. The summed E-state index contributed by atoms with van der Waals surface area (Å²) >= 11 is 3.30. The Bertz CT molecular complexity index is 598. The predicted octanol–water partition coefficient (Wildman–Crippen LogP) is 1.20. The van der Waals surface area contributed by atoms with Crippen molar-refractivity contribution in [1.82, 2.24) is 9.62 Å². The average Bonchev–Trinajstić information content (AvgIpc) is 2.52. The number of aliphatic hydroxyl groups is 1. The van der Waals surface area contributed by atoms with Gasteiger partial charge in [-0.3, -0.25) is 0 Å². The van der Waals surface area contributed by atoms with Crippen LogP contribution in [0.25, 0.3) is 0 Å². The lowest BCUT2D eigenvalue weighted by Gasteiger charge is -2.37. The Hall–Kier alpha value is -0.510. The number of sulfonamides is 1. The van der Waals surface area contributed by atoms with Crippen molar-refractivity contribution in [1.29, 1.82) is 0 Å². The van der Waals surface area contributed by atoms with E-state index in [0.717, 1.165) is 4.47 Å². The SMILES string of the molecule is COCCNCC1(O)CCN(S(=O)(=O)c2ccc(Br)cc2)CC1. The highest BCUT2D eigenvalue weighted by atomic mass is 79.9. The minimum absolute atomic E-state index is 0.282. The summed E-state index contributed by atoms with van der Waals surface area (Å²) in [7, 11) is -1.87. The van der Waals surface area contributed by atoms with Crippen molar-refractivity contribution >= 4 is 26.0 Å². The van der Waals surface area contributed by atoms with Gasteiger partial charge in [-0.15, -0.1) is 0 Å². The van der Waals surface area contributed by atoms with E-state index in [1.807, 2.05) is 0 Å². The first-order valence-corrected chi connectivity index (χ1v) is 9.78. The topological polar surface area (TPSA) is 78.9 Å². The van der Waals surface area contributed by atoms with E-state index in [0.29, 0.717) is 45.6 Å². The molecule has 0 aromatic heterocycles. The molecule has 0 radical (unpaired) electrons. The van der Waals surface area contributed by atoms with Gasteiger partial charge >= 0.3 is 0 Å². The molecule has 6 nitrogen and oxygen atoms in total. The van der Waals surface area contributed by atoms with E-state index in [9.17, 15) is 13.5 Å². The van der Waals surface area contributed by atoms with Gasteiger partial charge in [0.05, 0.1) is 17.1 Å². The fraction of sp³-hybridized carbons (Fsp3) is 0.600. The lowest BCUT2D eigenvalue weighted by atomic mass is 9.92. The maximum atomic E-state index is 12.6. The van der Waals surface area contributed by atoms with Gasteiger partial charge in [-0.1, -0.05) is 15.9 Å². The van der Waals surface area contributed by atoms with Gasteiger partial charge in [0.2, 0.25) is 10.0 Å². The standard InChI is InChI=1S/C15H23BrN2O4S/c1-22-11-8-17-12-15(19)6-9-18(10-7-15)23(20,21)14-4-2-13(16)3-5-14/h2-5,17,19H,6-12H2,1H3. The summed E-state index contributed by atoms with van der Waals surface area (Å²) < 4.78 is 32.4. The van der Waals surface area contributed by atoms with E-state index in [1.165, 1.54) is 4.31 Å². The van der Waals surface area contributed by atoms with Crippen LogP contribution in [0.3, 0.4) is 0 Å². The van der Waals surface area contributed by atoms with Crippen molar-refractivity contribution in [3.8, 4) is 0 Å². The minimum atomic E-state index is -3.50. The van der Waals surface area contributed by atoms with Crippen LogP contribution in [0.4, 0.5) is 0 Å². The van der Waals surface area contributed by atoms with Gasteiger partial charge in [-0.05, 0) is 37.1 Å². The monoisotopic (exact) mass is 406 g/mol. The molecule has 1 aliphatic heterocycles. The Labute approximate surface area is 146 Å². The van der Waals surface area contributed by atoms with Gasteiger partial charge in [-0.2, -0.15) is 4.31 Å². The van der Waals surface area contributed by atoms with Crippen LogP contribution in [0.15, 0.2) is 33.6 Å². The molecule has 1 heterocycles. The van der Waals surface area contributed by atoms with Crippen LogP contribution in [0.5, 0.6) is 0 Å². The Balaban J connectivity index is 1.94. The van der Waals surface area contributed by atoms with Crippen LogP contribution in [-0.4, -0.2) is 63.3 Å². The van der Waals surface area contributed by atoms with Gasteiger partial charge in [-0.25, -0.2) is 8.42 Å². The molecule has 0 amide bonds. The van der Waals surface area contributed by atoms with Crippen molar-refractivity contribution < 1.29 is 18.3 Å². The molecular formula is C15H23BrN2O4S. The fourth-order valence-electron chi connectivity index (χ4n) is 2.57. The smallest absolute Gasteiger partial charge is 0.243 e. The molecule has 0 aliphatic carbocycles. The second-order valence-electron chi connectivity index (χ2n) is 5.75. The summed E-state index contributed by atoms with van der Waals surface area (Å²) in [5.41, 5.74) is -0.862. The summed E-state index contributed by atoms with van der Waals surface area (Å²) in [5, 5.41) is 13.7. The number of methoxy groups -OCH3 is 1. The van der Waals surface area contributed by atoms with Crippen molar-refractivity contribution in [2.24, 2.45) is 0 Å². The van der Waals surface area contributed by atoms with E-state index in [1.54, 1.807) is 31.4 Å². The molecule has 0 saturated carbocycles. The number of hydrogen-bond acceptors (Lipinski definition) is 5. The summed E-state index contributed by atoms with van der Waals surface area (Å²) in [6.07, 6.45) is 0.839. The fourth-order valence-corrected chi connectivity index (χ4v) is 4.28. The van der Waals surface area contributed by atoms with Gasteiger partial charge in [0.1, 0.15) is 0 Å². The van der Waals surface area contributed by atoms with Crippen LogP contribution in [-0.2, 0) is 14.8 Å². The van der Waals surface area contributed by atoms with Crippen LogP contribution < -0.4 is 5.32 Å². The van der Waals surface area contributed by atoms with Crippen molar-refractivity contribution in [2.75, 3.05) is 39.9 Å². The van der Waals surface area contributed by atoms with Crippen LogP contribution in [0.1, 0.15) is 12.8 Å². The molecule has 0 spiro atoms. The number of piperidine rings is 1. The van der Waals surface area contributed by atoms with E-state index in [4.69, 9.17) is 4.74 Å². The molecule has 0 atom stereocenters. The molecule has 0 unspecified atom stereocenters. The quantitative estimate of drug-likeness (QED) is 0.665. The molecule has 1 fully saturated rings. The zero-order valence-electron chi connectivity index (χ0n) is 13.2. The minimum Gasteiger partial charge on any atom is -0.388 e. The molecule has 1 aliphatic rings. The van der Waals surface area contributed by atoms with Crippen LogP contribution in [0, 0.1) is 0 Å². The Morgan fingerprint density at radius 2 is 1.91 bits per heavy atom. The first-order valence-electron chi connectivity index (χ1n) is 7.55. The molecule has 130 valence electrons. The molecular weight excluding hydrogens is 384 g/mol.